The van der Waals surface area contributed by atoms with Gasteiger partial charge in [-0.25, -0.2) is 0 Å². The summed E-state index contributed by atoms with van der Waals surface area (Å²) in [5.74, 6) is 0.635. The highest BCUT2D eigenvalue weighted by molar-refractivity contribution is 5.46. The van der Waals surface area contributed by atoms with E-state index in [1.54, 1.807) is 0 Å². The van der Waals surface area contributed by atoms with Gasteiger partial charge in [-0.1, -0.05) is 45.7 Å². The zero-order valence-electron chi connectivity index (χ0n) is 12.6. The highest BCUT2D eigenvalue weighted by Gasteiger charge is 2.23. The van der Waals surface area contributed by atoms with Gasteiger partial charge in [0.15, 0.2) is 0 Å². The zero-order chi connectivity index (χ0) is 13.9. The minimum Gasteiger partial charge on any atom is -0.382 e. The monoisotopic (exact) mass is 260 g/mol. The van der Waals surface area contributed by atoms with Crippen LogP contribution >= 0.6 is 0 Å². The Morgan fingerprint density at radius 2 is 1.74 bits per heavy atom. The quantitative estimate of drug-likeness (QED) is 0.864. The molecule has 0 aromatic heterocycles. The van der Waals surface area contributed by atoms with Crippen molar-refractivity contribution < 1.29 is 0 Å². The van der Waals surface area contributed by atoms with Gasteiger partial charge in [0.05, 0.1) is 0 Å². The lowest BCUT2D eigenvalue weighted by atomic mass is 9.84. The molecular formula is C17H28N2. The molecule has 3 N–H and O–H groups in total. The van der Waals surface area contributed by atoms with Gasteiger partial charge in [-0.05, 0) is 48.4 Å². The summed E-state index contributed by atoms with van der Waals surface area (Å²) in [4.78, 5) is 0. The van der Waals surface area contributed by atoms with E-state index in [4.69, 9.17) is 5.73 Å². The molecule has 2 unspecified atom stereocenters. The predicted molar refractivity (Wildman–Crippen MR) is 83.6 cm³/mol. The van der Waals surface area contributed by atoms with Crippen LogP contribution in [0.5, 0.6) is 0 Å². The topological polar surface area (TPSA) is 38.0 Å². The first-order valence-electron chi connectivity index (χ1n) is 7.58. The summed E-state index contributed by atoms with van der Waals surface area (Å²) < 4.78 is 0. The first-order valence-corrected chi connectivity index (χ1v) is 7.58. The third kappa shape index (κ3) is 3.73. The summed E-state index contributed by atoms with van der Waals surface area (Å²) in [6, 6.07) is 9.45. The number of nitrogens with two attached hydrogens (primary N) is 1. The molecule has 2 atom stereocenters. The van der Waals surface area contributed by atoms with E-state index in [0.717, 1.165) is 6.54 Å². The first-order chi connectivity index (χ1) is 9.00. The van der Waals surface area contributed by atoms with Crippen LogP contribution in [-0.2, 0) is 5.41 Å². The second-order valence-electron chi connectivity index (χ2n) is 6.86. The Bertz CT molecular complexity index is 389. The van der Waals surface area contributed by atoms with E-state index in [1.807, 2.05) is 0 Å². The normalized spacial score (nSPS) is 24.2. The second kappa shape index (κ2) is 5.96. The average Bonchev–Trinajstić information content (AvgIpc) is 2.39. The number of benzene rings is 1. The van der Waals surface area contributed by atoms with Crippen LogP contribution < -0.4 is 11.1 Å². The lowest BCUT2D eigenvalue weighted by Crippen LogP contribution is -2.36. The molecule has 0 radical (unpaired) electrons. The van der Waals surface area contributed by atoms with Gasteiger partial charge in [-0.3, -0.25) is 0 Å². The molecule has 0 aliphatic heterocycles. The lowest BCUT2D eigenvalue weighted by molar-refractivity contribution is 0.332. The first kappa shape index (κ1) is 14.4. The molecule has 1 aliphatic rings. The maximum absolute atomic E-state index is 5.89. The summed E-state index contributed by atoms with van der Waals surface area (Å²) in [5, 5.41) is 3.68. The maximum atomic E-state index is 5.89. The lowest BCUT2D eigenvalue weighted by Gasteiger charge is -2.32. The van der Waals surface area contributed by atoms with Crippen molar-refractivity contribution in [1.29, 1.82) is 0 Å². The fraction of sp³-hybridized carbons (Fsp3) is 0.647. The van der Waals surface area contributed by atoms with Crippen LogP contribution in [0.25, 0.3) is 0 Å². The Balaban J connectivity index is 2.02. The molecule has 0 spiro atoms. The van der Waals surface area contributed by atoms with Gasteiger partial charge in [-0.15, -0.1) is 0 Å². The van der Waals surface area contributed by atoms with Crippen molar-refractivity contribution in [3.63, 3.8) is 0 Å². The third-order valence-electron chi connectivity index (χ3n) is 4.31. The summed E-state index contributed by atoms with van der Waals surface area (Å²) in [6.07, 6.45) is 5.19. The molecule has 2 rings (SSSR count). The molecule has 0 bridgehead atoms. The largest absolute Gasteiger partial charge is 0.382 e. The molecule has 0 heterocycles. The third-order valence-corrected chi connectivity index (χ3v) is 4.31. The molecule has 0 saturated heterocycles. The summed E-state index contributed by atoms with van der Waals surface area (Å²) in [7, 11) is 0. The van der Waals surface area contributed by atoms with Crippen molar-refractivity contribution in [3.05, 3.63) is 29.8 Å². The van der Waals surface area contributed by atoms with Crippen LogP contribution in [0.1, 0.15) is 52.0 Å². The van der Waals surface area contributed by atoms with E-state index in [-0.39, 0.29) is 5.41 Å². The Kier molecular flexibility index (Phi) is 4.51. The molecule has 1 aromatic carbocycles. The Hall–Kier alpha value is -1.02. The number of nitrogens with one attached hydrogen (secondary N) is 1. The van der Waals surface area contributed by atoms with E-state index in [1.165, 1.54) is 36.9 Å². The standard InChI is InChI=1S/C17H28N2/c1-17(2,3)14-8-10-15(11-9-14)19-16-7-5-4-6-13(16)12-18/h8-11,13,16,19H,4-7,12,18H2,1-3H3. The van der Waals surface area contributed by atoms with Gasteiger partial charge in [0.2, 0.25) is 0 Å². The van der Waals surface area contributed by atoms with Crippen molar-refractivity contribution in [2.75, 3.05) is 11.9 Å². The molecule has 1 aromatic rings. The van der Waals surface area contributed by atoms with Crippen molar-refractivity contribution in [2.45, 2.75) is 57.9 Å². The van der Waals surface area contributed by atoms with Crippen molar-refractivity contribution in [1.82, 2.24) is 0 Å². The second-order valence-corrected chi connectivity index (χ2v) is 6.86. The molecular weight excluding hydrogens is 232 g/mol. The van der Waals surface area contributed by atoms with E-state index in [2.05, 4.69) is 50.4 Å². The fourth-order valence-electron chi connectivity index (χ4n) is 2.96. The molecule has 1 saturated carbocycles. The van der Waals surface area contributed by atoms with E-state index in [9.17, 15) is 0 Å². The van der Waals surface area contributed by atoms with Crippen LogP contribution in [0, 0.1) is 5.92 Å². The highest BCUT2D eigenvalue weighted by atomic mass is 14.9. The SMILES string of the molecule is CC(C)(C)c1ccc(NC2CCCCC2CN)cc1. The smallest absolute Gasteiger partial charge is 0.0342 e. The molecule has 1 aliphatic carbocycles. The van der Waals surface area contributed by atoms with Crippen LogP contribution in [-0.4, -0.2) is 12.6 Å². The van der Waals surface area contributed by atoms with E-state index >= 15 is 0 Å². The highest BCUT2D eigenvalue weighted by Crippen LogP contribution is 2.28. The Morgan fingerprint density at radius 3 is 2.32 bits per heavy atom. The van der Waals surface area contributed by atoms with Gasteiger partial charge in [0.1, 0.15) is 0 Å². The zero-order valence-corrected chi connectivity index (χ0v) is 12.6. The molecule has 0 amide bonds. The minimum atomic E-state index is 0.225. The maximum Gasteiger partial charge on any atom is 0.0342 e. The van der Waals surface area contributed by atoms with Crippen molar-refractivity contribution >= 4 is 5.69 Å². The van der Waals surface area contributed by atoms with Gasteiger partial charge in [-0.2, -0.15) is 0 Å². The van der Waals surface area contributed by atoms with Gasteiger partial charge in [0, 0.05) is 11.7 Å². The average molecular weight is 260 g/mol. The minimum absolute atomic E-state index is 0.225. The van der Waals surface area contributed by atoms with Crippen LogP contribution in [0.15, 0.2) is 24.3 Å². The van der Waals surface area contributed by atoms with Gasteiger partial charge >= 0.3 is 0 Å². The Morgan fingerprint density at radius 1 is 1.11 bits per heavy atom. The fourth-order valence-corrected chi connectivity index (χ4v) is 2.96. The molecule has 2 nitrogen and oxygen atoms in total. The van der Waals surface area contributed by atoms with E-state index < -0.39 is 0 Å². The van der Waals surface area contributed by atoms with Crippen LogP contribution in [0.3, 0.4) is 0 Å². The molecule has 106 valence electrons. The number of anilines is 1. The van der Waals surface area contributed by atoms with Crippen molar-refractivity contribution in [3.8, 4) is 0 Å². The van der Waals surface area contributed by atoms with E-state index in [0.29, 0.717) is 12.0 Å². The van der Waals surface area contributed by atoms with Crippen LogP contribution in [0.2, 0.25) is 0 Å². The molecule has 2 heteroatoms. The number of rotatable bonds is 3. The predicted octanol–water partition coefficient (Wildman–Crippen LogP) is 3.91. The molecule has 19 heavy (non-hydrogen) atoms. The number of hydrogen-bond acceptors (Lipinski definition) is 2. The van der Waals surface area contributed by atoms with Gasteiger partial charge in [0.25, 0.3) is 0 Å². The van der Waals surface area contributed by atoms with Crippen LogP contribution in [0.4, 0.5) is 5.69 Å². The molecule has 1 fully saturated rings. The Labute approximate surface area is 117 Å². The summed E-state index contributed by atoms with van der Waals surface area (Å²) in [6.45, 7) is 7.56. The summed E-state index contributed by atoms with van der Waals surface area (Å²) >= 11 is 0. The van der Waals surface area contributed by atoms with Gasteiger partial charge < -0.3 is 11.1 Å². The van der Waals surface area contributed by atoms with Crippen molar-refractivity contribution in [2.24, 2.45) is 11.7 Å². The number of hydrogen-bond donors (Lipinski definition) is 2. The summed E-state index contributed by atoms with van der Waals surface area (Å²) in [5.41, 5.74) is 8.73.